The predicted octanol–water partition coefficient (Wildman–Crippen LogP) is 1.23. The normalized spacial score (nSPS) is 33.5. The minimum atomic E-state index is 0.195. The molecule has 0 bridgehead atoms. The van der Waals surface area contributed by atoms with E-state index in [4.69, 9.17) is 5.11 Å². The number of ketones is 1. The van der Waals surface area contributed by atoms with Gasteiger partial charge in [0.05, 0.1) is 0 Å². The Kier molecular flexibility index (Phi) is 2.06. The Morgan fingerprint density at radius 1 is 1.45 bits per heavy atom. The second-order valence-electron chi connectivity index (χ2n) is 4.12. The lowest BCUT2D eigenvalue weighted by Gasteiger charge is -1.98. The first-order valence-corrected chi connectivity index (χ1v) is 4.10. The molecule has 0 heterocycles. The van der Waals surface area contributed by atoms with Crippen LogP contribution in [0.2, 0.25) is 0 Å². The molecule has 2 nitrogen and oxygen atoms in total. The quantitative estimate of drug-likeness (QED) is 0.667. The van der Waals surface area contributed by atoms with Crippen molar-refractivity contribution in [1.82, 2.24) is 0 Å². The topological polar surface area (TPSA) is 37.3 Å². The monoisotopic (exact) mass is 156 g/mol. The molecule has 0 aromatic carbocycles. The molecule has 1 rings (SSSR count). The zero-order valence-electron chi connectivity index (χ0n) is 7.42. The van der Waals surface area contributed by atoms with Gasteiger partial charge in [0.2, 0.25) is 0 Å². The highest BCUT2D eigenvalue weighted by Crippen LogP contribution is 2.59. The molecule has 2 heteroatoms. The Morgan fingerprint density at radius 2 is 2.00 bits per heavy atom. The summed E-state index contributed by atoms with van der Waals surface area (Å²) in [7, 11) is 0. The first-order chi connectivity index (χ1) is 5.00. The van der Waals surface area contributed by atoms with Gasteiger partial charge in [0.15, 0.2) is 0 Å². The van der Waals surface area contributed by atoms with Gasteiger partial charge in [-0.15, -0.1) is 0 Å². The van der Waals surface area contributed by atoms with Crippen molar-refractivity contribution in [2.75, 3.05) is 6.61 Å². The molecule has 11 heavy (non-hydrogen) atoms. The molecular formula is C9H16O2. The maximum absolute atomic E-state index is 10.8. The van der Waals surface area contributed by atoms with Crippen molar-refractivity contribution >= 4 is 5.78 Å². The summed E-state index contributed by atoms with van der Waals surface area (Å²) < 4.78 is 0. The van der Waals surface area contributed by atoms with Crippen molar-refractivity contribution in [2.24, 2.45) is 17.3 Å². The molecule has 0 saturated heterocycles. The largest absolute Gasteiger partial charge is 0.396 e. The van der Waals surface area contributed by atoms with Crippen LogP contribution in [0.1, 0.15) is 27.2 Å². The van der Waals surface area contributed by atoms with Crippen LogP contribution >= 0.6 is 0 Å². The highest BCUT2D eigenvalue weighted by molar-refractivity contribution is 5.76. The molecule has 1 aliphatic rings. The van der Waals surface area contributed by atoms with Crippen molar-refractivity contribution < 1.29 is 9.90 Å². The zero-order chi connectivity index (χ0) is 8.65. The van der Waals surface area contributed by atoms with Crippen LogP contribution in [0.25, 0.3) is 0 Å². The third-order valence-electron chi connectivity index (χ3n) is 2.99. The van der Waals surface area contributed by atoms with Crippen LogP contribution in [0.4, 0.5) is 0 Å². The van der Waals surface area contributed by atoms with Crippen LogP contribution < -0.4 is 0 Å². The molecule has 2 atom stereocenters. The van der Waals surface area contributed by atoms with E-state index in [0.717, 1.165) is 0 Å². The number of rotatable bonds is 3. The minimum absolute atomic E-state index is 0.195. The fourth-order valence-electron chi connectivity index (χ4n) is 1.94. The SMILES string of the molecule is CC(=O)CC1C(CO)C1(C)C. The van der Waals surface area contributed by atoms with Crippen LogP contribution in [0.15, 0.2) is 0 Å². The van der Waals surface area contributed by atoms with E-state index >= 15 is 0 Å². The van der Waals surface area contributed by atoms with E-state index in [9.17, 15) is 4.79 Å². The first-order valence-electron chi connectivity index (χ1n) is 4.10. The Bertz CT molecular complexity index is 172. The molecule has 64 valence electrons. The van der Waals surface area contributed by atoms with Gasteiger partial charge in [-0.2, -0.15) is 0 Å². The van der Waals surface area contributed by atoms with Gasteiger partial charge in [-0.25, -0.2) is 0 Å². The van der Waals surface area contributed by atoms with Gasteiger partial charge in [-0.3, -0.25) is 0 Å². The van der Waals surface area contributed by atoms with E-state index in [-0.39, 0.29) is 17.8 Å². The van der Waals surface area contributed by atoms with Gasteiger partial charge in [0.25, 0.3) is 0 Å². The average Bonchev–Trinajstić information content (AvgIpc) is 2.33. The lowest BCUT2D eigenvalue weighted by atomic mass is 10.1. The molecule has 0 aromatic rings. The Morgan fingerprint density at radius 3 is 2.27 bits per heavy atom. The summed E-state index contributed by atoms with van der Waals surface area (Å²) in [4.78, 5) is 10.8. The molecule has 0 spiro atoms. The number of Topliss-reactive ketones (excluding diaryl/α,β-unsaturated/α-hetero) is 1. The van der Waals surface area contributed by atoms with Crippen molar-refractivity contribution in [3.05, 3.63) is 0 Å². The first kappa shape index (κ1) is 8.72. The van der Waals surface area contributed by atoms with E-state index in [1.165, 1.54) is 0 Å². The van der Waals surface area contributed by atoms with Crippen molar-refractivity contribution in [2.45, 2.75) is 27.2 Å². The van der Waals surface area contributed by atoms with Crippen LogP contribution in [0.5, 0.6) is 0 Å². The lowest BCUT2D eigenvalue weighted by molar-refractivity contribution is -0.117. The Balaban J connectivity index is 2.46. The summed E-state index contributed by atoms with van der Waals surface area (Å²) in [6.45, 7) is 6.07. The summed E-state index contributed by atoms with van der Waals surface area (Å²) in [5, 5.41) is 8.91. The second kappa shape index (κ2) is 2.59. The molecule has 1 aliphatic carbocycles. The summed E-state index contributed by atoms with van der Waals surface area (Å²) in [6, 6.07) is 0. The van der Waals surface area contributed by atoms with Gasteiger partial charge in [0, 0.05) is 13.0 Å². The van der Waals surface area contributed by atoms with Crippen LogP contribution in [-0.2, 0) is 4.79 Å². The molecule has 0 amide bonds. The van der Waals surface area contributed by atoms with Crippen molar-refractivity contribution in [3.63, 3.8) is 0 Å². The van der Waals surface area contributed by atoms with Gasteiger partial charge in [0.1, 0.15) is 5.78 Å². The van der Waals surface area contributed by atoms with Crippen LogP contribution in [-0.4, -0.2) is 17.5 Å². The molecule has 0 aliphatic heterocycles. The molecule has 1 fully saturated rings. The van der Waals surface area contributed by atoms with Gasteiger partial charge < -0.3 is 9.90 Å². The predicted molar refractivity (Wildman–Crippen MR) is 43.1 cm³/mol. The molecule has 1 saturated carbocycles. The Hall–Kier alpha value is -0.370. The summed E-state index contributed by atoms with van der Waals surface area (Å²) >= 11 is 0. The summed E-state index contributed by atoms with van der Waals surface area (Å²) in [5.74, 6) is 1.01. The number of hydrogen-bond donors (Lipinski definition) is 1. The van der Waals surface area contributed by atoms with Crippen LogP contribution in [0, 0.1) is 17.3 Å². The lowest BCUT2D eigenvalue weighted by Crippen LogP contribution is -1.96. The fourth-order valence-corrected chi connectivity index (χ4v) is 1.94. The zero-order valence-corrected chi connectivity index (χ0v) is 7.42. The standard InChI is InChI=1S/C9H16O2/c1-6(11)4-7-8(5-10)9(7,2)3/h7-8,10H,4-5H2,1-3H3. The van der Waals surface area contributed by atoms with Gasteiger partial charge in [-0.1, -0.05) is 13.8 Å². The maximum Gasteiger partial charge on any atom is 0.130 e. The molecule has 0 aromatic heterocycles. The number of aliphatic hydroxyl groups excluding tert-OH is 1. The van der Waals surface area contributed by atoms with E-state index in [1.807, 2.05) is 0 Å². The third-order valence-corrected chi connectivity index (χ3v) is 2.99. The smallest absolute Gasteiger partial charge is 0.130 e. The number of carbonyl (C=O) groups is 1. The number of aliphatic hydroxyl groups is 1. The third kappa shape index (κ3) is 1.45. The van der Waals surface area contributed by atoms with E-state index in [1.54, 1.807) is 6.92 Å². The Labute approximate surface area is 67.6 Å². The van der Waals surface area contributed by atoms with Crippen LogP contribution in [0.3, 0.4) is 0 Å². The minimum Gasteiger partial charge on any atom is -0.396 e. The van der Waals surface area contributed by atoms with Gasteiger partial charge >= 0.3 is 0 Å². The summed E-state index contributed by atoms with van der Waals surface area (Å²) in [6.07, 6.45) is 0.637. The van der Waals surface area contributed by atoms with E-state index in [0.29, 0.717) is 18.3 Å². The van der Waals surface area contributed by atoms with Crippen molar-refractivity contribution in [1.29, 1.82) is 0 Å². The number of hydrogen-bond acceptors (Lipinski definition) is 2. The summed E-state index contributed by atoms with van der Waals surface area (Å²) in [5.41, 5.74) is 0.195. The fraction of sp³-hybridized carbons (Fsp3) is 0.889. The average molecular weight is 156 g/mol. The number of carbonyl (C=O) groups excluding carboxylic acids is 1. The molecular weight excluding hydrogens is 140 g/mol. The highest BCUT2D eigenvalue weighted by atomic mass is 16.3. The maximum atomic E-state index is 10.8. The molecule has 1 N–H and O–H groups in total. The highest BCUT2D eigenvalue weighted by Gasteiger charge is 2.56. The van der Waals surface area contributed by atoms with Gasteiger partial charge in [-0.05, 0) is 24.2 Å². The molecule has 0 radical (unpaired) electrons. The van der Waals surface area contributed by atoms with E-state index < -0.39 is 0 Å². The van der Waals surface area contributed by atoms with E-state index in [2.05, 4.69) is 13.8 Å². The van der Waals surface area contributed by atoms with Crippen molar-refractivity contribution in [3.8, 4) is 0 Å². The molecule has 2 unspecified atom stereocenters. The second-order valence-corrected chi connectivity index (χ2v) is 4.12.